The predicted octanol–water partition coefficient (Wildman–Crippen LogP) is 21.6. The molecule has 0 saturated carbocycles. The molecule has 380 valence electrons. The summed E-state index contributed by atoms with van der Waals surface area (Å²) in [7, 11) is 0. The Balaban J connectivity index is 0.810. The first kappa shape index (κ1) is 44.6. The van der Waals surface area contributed by atoms with Gasteiger partial charge < -0.3 is 18.3 Å². The van der Waals surface area contributed by atoms with Gasteiger partial charge >= 0.3 is 0 Å². The summed E-state index contributed by atoms with van der Waals surface area (Å²) in [6, 6.07) is 99.6. The van der Waals surface area contributed by atoms with Crippen molar-refractivity contribution in [1.82, 2.24) is 18.3 Å². The van der Waals surface area contributed by atoms with Crippen LogP contribution in [0, 0.1) is 0 Å². The third-order valence-corrected chi connectivity index (χ3v) is 20.1. The van der Waals surface area contributed by atoms with Crippen LogP contribution in [0.3, 0.4) is 0 Å². The highest BCUT2D eigenvalue weighted by Gasteiger charge is 2.25. The van der Waals surface area contributed by atoms with Crippen molar-refractivity contribution in [2.75, 3.05) is 0 Å². The molecule has 0 saturated heterocycles. The van der Waals surface area contributed by atoms with E-state index in [1.165, 1.54) is 161 Å². The van der Waals surface area contributed by atoms with Crippen LogP contribution in [0.1, 0.15) is 0 Å². The lowest BCUT2D eigenvalue weighted by atomic mass is 9.98. The average molecular weight is 1080 g/mol. The number of nitrogens with zero attached hydrogens (tertiary/aromatic N) is 4. The summed E-state index contributed by atoms with van der Waals surface area (Å²) in [5, 5.41) is 17.6. The molecular weight excluding hydrogens is 1030 g/mol. The number of hydrogen-bond acceptors (Lipinski definition) is 2. The maximum atomic E-state index is 2.58. The van der Waals surface area contributed by atoms with Gasteiger partial charge in [-0.2, -0.15) is 0 Å². The Hall–Kier alpha value is -10.2. The number of para-hydroxylation sites is 4. The minimum atomic E-state index is 1.15. The van der Waals surface area contributed by atoms with Crippen molar-refractivity contribution in [3.05, 3.63) is 267 Å². The van der Waals surface area contributed by atoms with Crippen LogP contribution in [0.2, 0.25) is 0 Å². The Morgan fingerprint density at radius 2 is 0.671 bits per heavy atom. The number of thiophene rings is 2. The van der Waals surface area contributed by atoms with E-state index in [0.717, 1.165) is 11.4 Å². The van der Waals surface area contributed by atoms with Crippen molar-refractivity contribution in [3.63, 3.8) is 0 Å². The summed E-state index contributed by atoms with van der Waals surface area (Å²) in [4.78, 5) is 0. The number of hydrogen-bond donors (Lipinski definition) is 0. The minimum absolute atomic E-state index is 1.15. The highest BCUT2D eigenvalue weighted by atomic mass is 32.1. The van der Waals surface area contributed by atoms with Crippen molar-refractivity contribution < 1.29 is 0 Å². The molecule has 0 radical (unpaired) electrons. The molecule has 0 bridgehead atoms. The van der Waals surface area contributed by atoms with Gasteiger partial charge in [0.1, 0.15) is 0 Å². The molecule has 0 aliphatic rings. The number of rotatable bonds is 5. The number of benzene rings is 13. The summed E-state index contributed by atoms with van der Waals surface area (Å²) in [6.07, 6.45) is 0. The van der Waals surface area contributed by atoms with Crippen LogP contribution in [-0.4, -0.2) is 18.3 Å². The Morgan fingerprint density at radius 3 is 1.32 bits per heavy atom. The van der Waals surface area contributed by atoms with Gasteiger partial charge in [0.15, 0.2) is 0 Å². The largest absolute Gasteiger partial charge is 0.309 e. The summed E-state index contributed by atoms with van der Waals surface area (Å²) in [5.74, 6) is 0. The average Bonchev–Trinajstić information content (AvgIpc) is 4.51. The maximum absolute atomic E-state index is 2.58. The van der Waals surface area contributed by atoms with E-state index in [1.807, 2.05) is 22.7 Å². The van der Waals surface area contributed by atoms with Gasteiger partial charge in [-0.3, -0.25) is 0 Å². The first-order chi connectivity index (χ1) is 40.7. The van der Waals surface area contributed by atoms with Gasteiger partial charge in [-0.15, -0.1) is 22.7 Å². The van der Waals surface area contributed by atoms with E-state index in [2.05, 4.69) is 285 Å². The lowest BCUT2D eigenvalue weighted by Crippen LogP contribution is -1.97. The molecule has 19 rings (SSSR count). The molecule has 6 heteroatoms. The molecule has 19 aromatic rings. The van der Waals surface area contributed by atoms with Crippen LogP contribution in [0.15, 0.2) is 267 Å². The molecule has 6 aromatic heterocycles. The third-order valence-electron chi connectivity index (χ3n) is 17.7. The second-order valence-electron chi connectivity index (χ2n) is 21.9. The normalized spacial score (nSPS) is 12.4. The summed E-state index contributed by atoms with van der Waals surface area (Å²) < 4.78 is 15.3. The molecule has 0 spiro atoms. The zero-order chi connectivity index (χ0) is 53.3. The van der Waals surface area contributed by atoms with E-state index in [1.54, 1.807) is 0 Å². The number of fused-ring (bicyclic) bond motifs is 21. The van der Waals surface area contributed by atoms with E-state index in [-0.39, 0.29) is 0 Å². The van der Waals surface area contributed by atoms with Crippen molar-refractivity contribution in [2.24, 2.45) is 0 Å². The SMILES string of the molecule is c1ccc(-n2c3ccccc3c3c(-n4c5ccc(-c6ccc7c(-n8c9ccccc9c9c(-n%10c%11ccccc%11c%11ccc%12c%13ccccc%13sc%12c%11%10)cccc98)cccc7c6)cc5c5ccc6c7ccccc7sc6c54)cccc32)cc1. The Labute approximate surface area is 477 Å². The quantitative estimate of drug-likeness (QED) is 0.164. The molecule has 0 aliphatic carbocycles. The molecule has 0 atom stereocenters. The first-order valence-electron chi connectivity index (χ1n) is 28.1. The van der Waals surface area contributed by atoms with Crippen molar-refractivity contribution in [1.29, 1.82) is 0 Å². The standard InChI is InChI=1S/C76H44N4S2/c1-2-18-48(19-3-1)77-62-26-10-5-23-57(62)71-65(77)29-15-31-67(71)80-64-42-36-46(44-59(64)54-39-41-56-52-22-8-13-34-70(52)82-76(56)74(54)80)45-35-37-49-47(43-45)17-14-28-60(49)78-63-27-11-6-24-58(63)72-66(78)30-16-32-68(72)79-61-25-9-4-20-50(61)53-38-40-55-51-21-7-12-33-69(51)81-75(55)73(53)79/h1-44H. The summed E-state index contributed by atoms with van der Waals surface area (Å²) >= 11 is 3.80. The highest BCUT2D eigenvalue weighted by Crippen LogP contribution is 2.49. The zero-order valence-electron chi connectivity index (χ0n) is 44.0. The predicted molar refractivity (Wildman–Crippen MR) is 353 cm³/mol. The van der Waals surface area contributed by atoms with E-state index in [0.29, 0.717) is 0 Å². The monoisotopic (exact) mass is 1080 g/mol. The van der Waals surface area contributed by atoms with Crippen molar-refractivity contribution in [3.8, 4) is 33.9 Å². The lowest BCUT2D eigenvalue weighted by molar-refractivity contribution is 1.17. The molecule has 0 amide bonds. The second-order valence-corrected chi connectivity index (χ2v) is 24.0. The Kier molecular flexibility index (Phi) is 9.06. The van der Waals surface area contributed by atoms with E-state index >= 15 is 0 Å². The van der Waals surface area contributed by atoms with Crippen LogP contribution in [0.25, 0.3) is 172 Å². The molecule has 82 heavy (non-hydrogen) atoms. The van der Waals surface area contributed by atoms with Crippen molar-refractivity contribution in [2.45, 2.75) is 0 Å². The van der Waals surface area contributed by atoms with Crippen LogP contribution in [-0.2, 0) is 0 Å². The summed E-state index contributed by atoms with van der Waals surface area (Å²) in [6.45, 7) is 0. The van der Waals surface area contributed by atoms with Crippen molar-refractivity contribution >= 4 is 161 Å². The van der Waals surface area contributed by atoms with Crippen LogP contribution in [0.5, 0.6) is 0 Å². The fourth-order valence-corrected chi connectivity index (χ4v) is 16.8. The topological polar surface area (TPSA) is 19.7 Å². The molecule has 0 unspecified atom stereocenters. The lowest BCUT2D eigenvalue weighted by Gasteiger charge is -2.14. The molecule has 0 fully saturated rings. The highest BCUT2D eigenvalue weighted by molar-refractivity contribution is 7.27. The Morgan fingerprint density at radius 1 is 0.232 bits per heavy atom. The molecule has 0 aliphatic heterocycles. The molecular formula is C76H44N4S2. The van der Waals surface area contributed by atoms with Crippen LogP contribution in [0.4, 0.5) is 0 Å². The van der Waals surface area contributed by atoms with Crippen LogP contribution < -0.4 is 0 Å². The minimum Gasteiger partial charge on any atom is -0.309 e. The fourth-order valence-electron chi connectivity index (χ4n) is 14.3. The maximum Gasteiger partial charge on any atom is 0.0720 e. The van der Waals surface area contributed by atoms with E-state index in [9.17, 15) is 0 Å². The summed E-state index contributed by atoms with van der Waals surface area (Å²) in [5.41, 5.74) is 16.7. The van der Waals surface area contributed by atoms with Gasteiger partial charge in [-0.05, 0) is 108 Å². The molecule has 6 heterocycles. The van der Waals surface area contributed by atoms with Gasteiger partial charge in [0.05, 0.1) is 70.6 Å². The van der Waals surface area contributed by atoms with Gasteiger partial charge in [0.25, 0.3) is 0 Å². The van der Waals surface area contributed by atoms with E-state index in [4.69, 9.17) is 0 Å². The van der Waals surface area contributed by atoms with Gasteiger partial charge in [-0.1, -0.05) is 176 Å². The Bertz CT molecular complexity index is 5960. The van der Waals surface area contributed by atoms with E-state index < -0.39 is 0 Å². The van der Waals surface area contributed by atoms with Gasteiger partial charge in [0, 0.05) is 85.1 Å². The zero-order valence-corrected chi connectivity index (χ0v) is 45.6. The van der Waals surface area contributed by atoms with Gasteiger partial charge in [-0.25, -0.2) is 0 Å². The van der Waals surface area contributed by atoms with Crippen LogP contribution >= 0.6 is 22.7 Å². The van der Waals surface area contributed by atoms with Gasteiger partial charge in [0.2, 0.25) is 0 Å². The smallest absolute Gasteiger partial charge is 0.0720 e. The molecule has 13 aromatic carbocycles. The second kappa shape index (κ2) is 16.7. The number of aromatic nitrogens is 4. The fraction of sp³-hybridized carbons (Fsp3) is 0. The molecule has 4 nitrogen and oxygen atoms in total. The third kappa shape index (κ3) is 5.98. The first-order valence-corrected chi connectivity index (χ1v) is 29.7. The molecule has 0 N–H and O–H groups in total.